The standard InChI is InChI=1S/C13H20ClNO2S/c1-11-4-5-13(10-12(11)2)15-7-3-9-18(16)17-8-6-14/h4-5,10,15H,3,6-9H2,1-2H3. The first-order valence-electron chi connectivity index (χ1n) is 6.02. The Morgan fingerprint density at radius 3 is 2.78 bits per heavy atom. The van der Waals surface area contributed by atoms with Crippen LogP contribution in [0.2, 0.25) is 0 Å². The van der Waals surface area contributed by atoms with E-state index in [0.717, 1.165) is 18.7 Å². The Kier molecular flexibility index (Phi) is 7.32. The van der Waals surface area contributed by atoms with Crippen LogP contribution in [0.25, 0.3) is 0 Å². The van der Waals surface area contributed by atoms with E-state index in [9.17, 15) is 4.21 Å². The molecule has 0 spiro atoms. The molecule has 0 radical (unpaired) electrons. The molecular formula is C13H20ClNO2S. The summed E-state index contributed by atoms with van der Waals surface area (Å²) >= 11 is 4.23. The molecule has 3 nitrogen and oxygen atoms in total. The predicted molar refractivity (Wildman–Crippen MR) is 78.7 cm³/mol. The van der Waals surface area contributed by atoms with E-state index in [-0.39, 0.29) is 0 Å². The van der Waals surface area contributed by atoms with Gasteiger partial charge in [0.05, 0.1) is 12.4 Å². The number of hydrogen-bond acceptors (Lipinski definition) is 3. The molecule has 0 aromatic heterocycles. The number of benzene rings is 1. The van der Waals surface area contributed by atoms with Crippen LogP contribution in [0.3, 0.4) is 0 Å². The van der Waals surface area contributed by atoms with E-state index in [0.29, 0.717) is 18.2 Å². The molecular weight excluding hydrogens is 270 g/mol. The highest BCUT2D eigenvalue weighted by Gasteiger charge is 2.00. The monoisotopic (exact) mass is 289 g/mol. The summed E-state index contributed by atoms with van der Waals surface area (Å²) < 4.78 is 16.3. The Bertz CT molecular complexity index is 399. The van der Waals surface area contributed by atoms with Crippen LogP contribution < -0.4 is 5.32 Å². The zero-order valence-corrected chi connectivity index (χ0v) is 12.4. The molecule has 1 atom stereocenters. The summed E-state index contributed by atoms with van der Waals surface area (Å²) in [7, 11) is 0. The van der Waals surface area contributed by atoms with Gasteiger partial charge in [0, 0.05) is 18.1 Å². The van der Waals surface area contributed by atoms with Crippen molar-refractivity contribution in [1.29, 1.82) is 0 Å². The van der Waals surface area contributed by atoms with Crippen LogP contribution >= 0.6 is 11.6 Å². The number of halogens is 1. The fourth-order valence-corrected chi connectivity index (χ4v) is 2.39. The van der Waals surface area contributed by atoms with Crippen LogP contribution in [0.15, 0.2) is 18.2 Å². The molecule has 1 N–H and O–H groups in total. The van der Waals surface area contributed by atoms with Crippen LogP contribution in [-0.2, 0) is 15.3 Å². The van der Waals surface area contributed by atoms with Crippen molar-refractivity contribution >= 4 is 28.4 Å². The summed E-state index contributed by atoms with van der Waals surface area (Å²) in [5.74, 6) is 0.918. The minimum Gasteiger partial charge on any atom is -0.385 e. The van der Waals surface area contributed by atoms with Gasteiger partial charge in [0.25, 0.3) is 0 Å². The molecule has 0 aliphatic heterocycles. The largest absolute Gasteiger partial charge is 0.385 e. The minimum atomic E-state index is -1.21. The van der Waals surface area contributed by atoms with Gasteiger partial charge < -0.3 is 5.32 Å². The van der Waals surface area contributed by atoms with Crippen molar-refractivity contribution in [2.45, 2.75) is 20.3 Å². The summed E-state index contributed by atoms with van der Waals surface area (Å²) in [4.78, 5) is 0. The molecule has 102 valence electrons. The van der Waals surface area contributed by atoms with Crippen LogP contribution in [0.5, 0.6) is 0 Å². The quantitative estimate of drug-likeness (QED) is 0.590. The second kappa shape index (κ2) is 8.51. The van der Waals surface area contributed by atoms with Crippen molar-refractivity contribution in [3.63, 3.8) is 0 Å². The first-order chi connectivity index (χ1) is 8.63. The van der Waals surface area contributed by atoms with Crippen LogP contribution in [-0.4, -0.2) is 29.0 Å². The lowest BCUT2D eigenvalue weighted by Crippen LogP contribution is -2.09. The van der Waals surface area contributed by atoms with Gasteiger partial charge >= 0.3 is 0 Å². The zero-order chi connectivity index (χ0) is 13.4. The van der Waals surface area contributed by atoms with E-state index in [1.54, 1.807) is 0 Å². The van der Waals surface area contributed by atoms with Gasteiger partial charge in [0.2, 0.25) is 0 Å². The molecule has 1 aromatic carbocycles. The topological polar surface area (TPSA) is 38.3 Å². The molecule has 0 aliphatic rings. The first kappa shape index (κ1) is 15.5. The highest BCUT2D eigenvalue weighted by atomic mass is 35.5. The zero-order valence-electron chi connectivity index (χ0n) is 10.9. The minimum absolute atomic E-state index is 0.346. The summed E-state index contributed by atoms with van der Waals surface area (Å²) in [5.41, 5.74) is 3.66. The average molecular weight is 290 g/mol. The van der Waals surface area contributed by atoms with Crippen molar-refractivity contribution in [2.24, 2.45) is 0 Å². The fourth-order valence-electron chi connectivity index (χ4n) is 1.46. The van der Waals surface area contributed by atoms with E-state index >= 15 is 0 Å². The van der Waals surface area contributed by atoms with Crippen molar-refractivity contribution in [1.82, 2.24) is 0 Å². The smallest absolute Gasteiger partial charge is 0.155 e. The molecule has 1 aromatic rings. The van der Waals surface area contributed by atoms with Crippen molar-refractivity contribution in [3.8, 4) is 0 Å². The highest BCUT2D eigenvalue weighted by Crippen LogP contribution is 2.13. The molecule has 0 saturated carbocycles. The van der Waals surface area contributed by atoms with E-state index in [4.69, 9.17) is 15.8 Å². The summed E-state index contributed by atoms with van der Waals surface area (Å²) in [6.07, 6.45) is 0.807. The lowest BCUT2D eigenvalue weighted by atomic mass is 10.1. The Morgan fingerprint density at radius 2 is 2.11 bits per heavy atom. The number of hydrogen-bond donors (Lipinski definition) is 1. The molecule has 0 fully saturated rings. The second-order valence-corrected chi connectivity index (χ2v) is 5.73. The summed E-state index contributed by atoms with van der Waals surface area (Å²) in [6, 6.07) is 6.28. The number of alkyl halides is 1. The maximum absolute atomic E-state index is 11.3. The van der Waals surface area contributed by atoms with Crippen molar-refractivity contribution in [3.05, 3.63) is 29.3 Å². The van der Waals surface area contributed by atoms with Gasteiger partial charge in [-0.3, -0.25) is 4.18 Å². The van der Waals surface area contributed by atoms with Gasteiger partial charge in [-0.25, -0.2) is 4.21 Å². The summed E-state index contributed by atoms with van der Waals surface area (Å²) in [5, 5.41) is 3.31. The van der Waals surface area contributed by atoms with Crippen LogP contribution in [0.1, 0.15) is 17.5 Å². The predicted octanol–water partition coefficient (Wildman–Crippen LogP) is 3.02. The van der Waals surface area contributed by atoms with Gasteiger partial charge in [-0.15, -0.1) is 11.6 Å². The molecule has 0 amide bonds. The first-order valence-corrected chi connectivity index (χ1v) is 7.80. The number of anilines is 1. The third kappa shape index (κ3) is 5.85. The van der Waals surface area contributed by atoms with Crippen molar-refractivity contribution < 1.29 is 8.39 Å². The van der Waals surface area contributed by atoms with Gasteiger partial charge in [-0.1, -0.05) is 6.07 Å². The normalized spacial score (nSPS) is 12.4. The maximum Gasteiger partial charge on any atom is 0.155 e. The number of rotatable bonds is 8. The lowest BCUT2D eigenvalue weighted by molar-refractivity contribution is 0.374. The van der Waals surface area contributed by atoms with E-state index < -0.39 is 11.1 Å². The number of aryl methyl sites for hydroxylation is 2. The van der Waals surface area contributed by atoms with Gasteiger partial charge in [-0.2, -0.15) is 0 Å². The molecule has 0 bridgehead atoms. The third-order valence-electron chi connectivity index (χ3n) is 2.62. The average Bonchev–Trinajstić information content (AvgIpc) is 2.36. The number of nitrogens with one attached hydrogen (secondary N) is 1. The Balaban J connectivity index is 2.21. The Hall–Kier alpha value is -0.580. The maximum atomic E-state index is 11.3. The lowest BCUT2D eigenvalue weighted by Gasteiger charge is -2.08. The highest BCUT2D eigenvalue weighted by molar-refractivity contribution is 7.80. The third-order valence-corrected chi connectivity index (χ3v) is 3.82. The van der Waals surface area contributed by atoms with Gasteiger partial charge in [0.15, 0.2) is 11.1 Å². The summed E-state index contributed by atoms with van der Waals surface area (Å²) in [6.45, 7) is 5.32. The van der Waals surface area contributed by atoms with E-state index in [1.165, 1.54) is 11.1 Å². The molecule has 5 heteroatoms. The second-order valence-electron chi connectivity index (χ2n) is 4.10. The van der Waals surface area contributed by atoms with Crippen LogP contribution in [0, 0.1) is 13.8 Å². The molecule has 18 heavy (non-hydrogen) atoms. The van der Waals surface area contributed by atoms with Gasteiger partial charge in [-0.05, 0) is 43.5 Å². The SMILES string of the molecule is Cc1ccc(NCCCS(=O)OCCCl)cc1C. The molecule has 0 saturated heterocycles. The molecule has 1 unspecified atom stereocenters. The van der Waals surface area contributed by atoms with Gasteiger partial charge in [0.1, 0.15) is 0 Å². The molecule has 1 rings (SSSR count). The van der Waals surface area contributed by atoms with E-state index in [1.807, 2.05) is 0 Å². The van der Waals surface area contributed by atoms with E-state index in [2.05, 4.69) is 37.4 Å². The molecule has 0 aliphatic carbocycles. The molecule has 0 heterocycles. The fraction of sp³-hybridized carbons (Fsp3) is 0.538. The Labute approximate surface area is 117 Å². The Morgan fingerprint density at radius 1 is 1.33 bits per heavy atom. The van der Waals surface area contributed by atoms with Crippen molar-refractivity contribution in [2.75, 3.05) is 30.1 Å². The van der Waals surface area contributed by atoms with Crippen LogP contribution in [0.4, 0.5) is 5.69 Å².